The van der Waals surface area contributed by atoms with Crippen LogP contribution in [0.5, 0.6) is 0 Å². The number of benzene rings is 1. The number of morpholine rings is 1. The molecule has 0 amide bonds. The molecular formula is C13H14F3NO3. The Labute approximate surface area is 113 Å². The van der Waals surface area contributed by atoms with Gasteiger partial charge in [-0.1, -0.05) is 12.1 Å². The van der Waals surface area contributed by atoms with Crippen LogP contribution in [0.3, 0.4) is 0 Å². The number of carbonyl (C=O) groups is 1. The third-order valence-corrected chi connectivity index (χ3v) is 3.17. The maximum Gasteiger partial charge on any atom is 0.416 e. The van der Waals surface area contributed by atoms with Crippen LogP contribution in [0.15, 0.2) is 24.3 Å². The van der Waals surface area contributed by atoms with Crippen molar-refractivity contribution >= 4 is 5.97 Å². The monoisotopic (exact) mass is 289 g/mol. The smallest absolute Gasteiger partial charge is 0.416 e. The fraction of sp³-hybridized carbons (Fsp3) is 0.462. The number of hydrogen-bond donors (Lipinski definition) is 1. The van der Waals surface area contributed by atoms with Crippen molar-refractivity contribution in [3.63, 3.8) is 0 Å². The molecule has 1 aliphatic heterocycles. The van der Waals surface area contributed by atoms with E-state index < -0.39 is 23.8 Å². The summed E-state index contributed by atoms with van der Waals surface area (Å²) in [5.74, 6) is -1.16. The Morgan fingerprint density at radius 2 is 1.95 bits per heavy atom. The summed E-state index contributed by atoms with van der Waals surface area (Å²) in [6, 6.07) is 3.38. The van der Waals surface area contributed by atoms with Gasteiger partial charge in [-0.15, -0.1) is 0 Å². The van der Waals surface area contributed by atoms with Gasteiger partial charge in [-0.3, -0.25) is 9.69 Å². The molecule has 20 heavy (non-hydrogen) atoms. The summed E-state index contributed by atoms with van der Waals surface area (Å²) in [6.07, 6.45) is -4.48. The number of ether oxygens (including phenoxy) is 1. The van der Waals surface area contributed by atoms with Crippen LogP contribution < -0.4 is 0 Å². The summed E-state index contributed by atoms with van der Waals surface area (Å²) in [5.41, 5.74) is -0.705. The van der Waals surface area contributed by atoms with Crippen LogP contribution in [0.4, 0.5) is 13.2 Å². The van der Waals surface area contributed by atoms with Gasteiger partial charge in [-0.2, -0.15) is 13.2 Å². The van der Waals surface area contributed by atoms with Gasteiger partial charge in [-0.05, 0) is 17.7 Å². The molecule has 1 aliphatic rings. The van der Waals surface area contributed by atoms with Gasteiger partial charge in [0.05, 0.1) is 18.8 Å². The molecule has 4 nitrogen and oxygen atoms in total. The van der Waals surface area contributed by atoms with E-state index in [1.807, 2.05) is 0 Å². The van der Waals surface area contributed by atoms with Crippen molar-refractivity contribution in [2.75, 3.05) is 26.3 Å². The summed E-state index contributed by atoms with van der Waals surface area (Å²) in [7, 11) is 0. The second-order valence-electron chi connectivity index (χ2n) is 4.51. The highest BCUT2D eigenvalue weighted by atomic mass is 19.4. The third kappa shape index (κ3) is 3.29. The maximum absolute atomic E-state index is 12.7. The Kier molecular flexibility index (Phi) is 4.29. The number of alkyl halides is 3. The van der Waals surface area contributed by atoms with Crippen molar-refractivity contribution in [3.8, 4) is 0 Å². The first-order chi connectivity index (χ1) is 9.39. The quantitative estimate of drug-likeness (QED) is 0.926. The van der Waals surface area contributed by atoms with E-state index >= 15 is 0 Å². The lowest BCUT2D eigenvalue weighted by atomic mass is 10.0. The van der Waals surface area contributed by atoms with Gasteiger partial charge in [-0.25, -0.2) is 0 Å². The van der Waals surface area contributed by atoms with Crippen molar-refractivity contribution in [2.45, 2.75) is 12.2 Å². The first kappa shape index (κ1) is 14.8. The summed E-state index contributed by atoms with van der Waals surface area (Å²) >= 11 is 0. The molecule has 1 atom stereocenters. The van der Waals surface area contributed by atoms with E-state index in [1.54, 1.807) is 4.90 Å². The highest BCUT2D eigenvalue weighted by molar-refractivity contribution is 5.75. The Morgan fingerprint density at radius 3 is 2.50 bits per heavy atom. The molecule has 1 fully saturated rings. The average molecular weight is 289 g/mol. The molecule has 0 aliphatic carbocycles. The molecule has 1 heterocycles. The van der Waals surface area contributed by atoms with Gasteiger partial charge < -0.3 is 9.84 Å². The lowest BCUT2D eigenvalue weighted by Crippen LogP contribution is -2.42. The highest BCUT2D eigenvalue weighted by Gasteiger charge is 2.33. The lowest BCUT2D eigenvalue weighted by Gasteiger charge is -2.32. The zero-order valence-corrected chi connectivity index (χ0v) is 10.6. The normalized spacial score (nSPS) is 18.8. The average Bonchev–Trinajstić information content (AvgIpc) is 2.39. The third-order valence-electron chi connectivity index (χ3n) is 3.17. The van der Waals surface area contributed by atoms with E-state index in [0.29, 0.717) is 26.3 Å². The highest BCUT2D eigenvalue weighted by Crippen LogP contribution is 2.32. The van der Waals surface area contributed by atoms with Gasteiger partial charge in [0.2, 0.25) is 0 Å². The number of hydrogen-bond acceptors (Lipinski definition) is 3. The lowest BCUT2D eigenvalue weighted by molar-refractivity contribution is -0.146. The molecule has 0 spiro atoms. The Hall–Kier alpha value is -1.60. The largest absolute Gasteiger partial charge is 0.480 e. The molecule has 0 unspecified atom stereocenters. The van der Waals surface area contributed by atoms with Crippen LogP contribution in [0.1, 0.15) is 17.2 Å². The standard InChI is InChI=1S/C13H14F3NO3/c14-13(15,16)10-3-1-2-9(8-10)11(12(18)19)17-4-6-20-7-5-17/h1-3,8,11H,4-7H2,(H,18,19)/t11-/m1/s1. The zero-order chi connectivity index (χ0) is 14.8. The fourth-order valence-electron chi connectivity index (χ4n) is 2.23. The molecule has 1 N–H and O–H groups in total. The SMILES string of the molecule is O=C(O)[C@@H](c1cccc(C(F)(F)F)c1)N1CCOCC1. The maximum atomic E-state index is 12.7. The molecule has 0 saturated carbocycles. The van der Waals surface area contributed by atoms with E-state index in [4.69, 9.17) is 4.74 Å². The van der Waals surface area contributed by atoms with Crippen molar-refractivity contribution in [1.29, 1.82) is 0 Å². The Bertz CT molecular complexity index is 484. The van der Waals surface area contributed by atoms with Crippen molar-refractivity contribution in [3.05, 3.63) is 35.4 Å². The van der Waals surface area contributed by atoms with Crippen LogP contribution in [0.25, 0.3) is 0 Å². The number of carboxylic acid groups (broad SMARTS) is 1. The summed E-state index contributed by atoms with van der Waals surface area (Å²) < 4.78 is 43.2. The zero-order valence-electron chi connectivity index (χ0n) is 10.6. The fourth-order valence-corrected chi connectivity index (χ4v) is 2.23. The first-order valence-electron chi connectivity index (χ1n) is 6.11. The van der Waals surface area contributed by atoms with Crippen LogP contribution in [0, 0.1) is 0 Å². The number of nitrogens with zero attached hydrogens (tertiary/aromatic N) is 1. The molecule has 1 aromatic carbocycles. The number of rotatable bonds is 3. The van der Waals surface area contributed by atoms with Gasteiger partial charge >= 0.3 is 12.1 Å². The Morgan fingerprint density at radius 1 is 1.30 bits per heavy atom. The summed E-state index contributed by atoms with van der Waals surface area (Å²) in [6.45, 7) is 1.52. The van der Waals surface area contributed by atoms with E-state index in [0.717, 1.165) is 12.1 Å². The van der Waals surface area contributed by atoms with Gasteiger partial charge in [0, 0.05) is 13.1 Å². The van der Waals surface area contributed by atoms with Crippen molar-refractivity contribution in [2.24, 2.45) is 0 Å². The van der Waals surface area contributed by atoms with Crippen LogP contribution in [0.2, 0.25) is 0 Å². The van der Waals surface area contributed by atoms with Crippen molar-refractivity contribution < 1.29 is 27.8 Å². The van der Waals surface area contributed by atoms with E-state index in [1.165, 1.54) is 12.1 Å². The van der Waals surface area contributed by atoms with Crippen molar-refractivity contribution in [1.82, 2.24) is 4.90 Å². The number of aliphatic carboxylic acids is 1. The first-order valence-corrected chi connectivity index (χ1v) is 6.11. The molecule has 0 radical (unpaired) electrons. The topological polar surface area (TPSA) is 49.8 Å². The predicted octanol–water partition coefficient (Wildman–Crippen LogP) is 2.16. The minimum Gasteiger partial charge on any atom is -0.480 e. The van der Waals surface area contributed by atoms with Crippen LogP contribution in [-0.2, 0) is 15.7 Å². The minimum atomic E-state index is -4.48. The second-order valence-corrected chi connectivity index (χ2v) is 4.51. The summed E-state index contributed by atoms with van der Waals surface area (Å²) in [4.78, 5) is 13.0. The van der Waals surface area contributed by atoms with Crippen LogP contribution >= 0.6 is 0 Å². The van der Waals surface area contributed by atoms with Gasteiger partial charge in [0.25, 0.3) is 0 Å². The van der Waals surface area contributed by atoms with E-state index in [2.05, 4.69) is 0 Å². The van der Waals surface area contributed by atoms with Crippen LogP contribution in [-0.4, -0.2) is 42.3 Å². The molecule has 7 heteroatoms. The second kappa shape index (κ2) is 5.80. The summed E-state index contributed by atoms with van der Waals surface area (Å²) in [5, 5.41) is 9.31. The predicted molar refractivity (Wildman–Crippen MR) is 64.2 cm³/mol. The number of carboxylic acids is 1. The molecular weight excluding hydrogens is 275 g/mol. The molecule has 1 saturated heterocycles. The Balaban J connectivity index is 2.32. The van der Waals surface area contributed by atoms with Gasteiger partial charge in [0.15, 0.2) is 0 Å². The van der Waals surface area contributed by atoms with E-state index in [9.17, 15) is 23.1 Å². The molecule has 2 rings (SSSR count). The van der Waals surface area contributed by atoms with Gasteiger partial charge in [0.1, 0.15) is 6.04 Å². The molecule has 0 aromatic heterocycles. The minimum absolute atomic E-state index is 0.134. The molecule has 0 bridgehead atoms. The van der Waals surface area contributed by atoms with E-state index in [-0.39, 0.29) is 5.56 Å². The molecule has 110 valence electrons. The molecule has 1 aromatic rings. The number of halogens is 3.